The Morgan fingerprint density at radius 3 is 2.43 bits per heavy atom. The van der Waals surface area contributed by atoms with Gasteiger partial charge in [0.25, 0.3) is 0 Å². The Balaban J connectivity index is 0.00000220. The maximum Gasteiger partial charge on any atom is 0.145 e. The zero-order valence-electron chi connectivity index (χ0n) is 12.6. The second-order valence-electron chi connectivity index (χ2n) is 5.21. The van der Waals surface area contributed by atoms with Crippen molar-refractivity contribution in [3.8, 4) is 0 Å². The van der Waals surface area contributed by atoms with Crippen molar-refractivity contribution in [1.29, 1.82) is 0 Å². The number of rotatable bonds is 4. The monoisotopic (exact) mass is 310 g/mol. The number of hydrogen-bond acceptors (Lipinski definition) is 5. The maximum absolute atomic E-state index is 6.00. The van der Waals surface area contributed by atoms with E-state index in [9.17, 15) is 0 Å². The quantitative estimate of drug-likeness (QED) is 0.649. The first-order valence-electron chi connectivity index (χ1n) is 6.62. The zero-order chi connectivity index (χ0) is 14.9. The Labute approximate surface area is 131 Å². The molecule has 0 aliphatic carbocycles. The lowest BCUT2D eigenvalue weighted by Crippen LogP contribution is -2.08. The van der Waals surface area contributed by atoms with Crippen molar-refractivity contribution in [3.63, 3.8) is 0 Å². The van der Waals surface area contributed by atoms with Crippen molar-refractivity contribution in [2.45, 2.75) is 33.4 Å². The topological polar surface area (TPSA) is 108 Å². The molecule has 0 saturated carbocycles. The molecule has 0 atom stereocenters. The average molecular weight is 311 g/mol. The van der Waals surface area contributed by atoms with Crippen molar-refractivity contribution in [2.75, 3.05) is 22.5 Å². The average Bonchev–Trinajstić information content (AvgIpc) is 2.66. The molecule has 0 saturated heterocycles. The third-order valence-corrected chi connectivity index (χ3v) is 3.25. The summed E-state index contributed by atoms with van der Waals surface area (Å²) in [5.74, 6) is 0.519. The molecule has 2 rings (SSSR count). The number of nitrogens with two attached hydrogens (primary N) is 3. The molecule has 0 spiro atoms. The smallest absolute Gasteiger partial charge is 0.145 e. The molecule has 2 aromatic rings. The Bertz CT molecular complexity index is 620. The van der Waals surface area contributed by atoms with Gasteiger partial charge in [-0.15, -0.1) is 12.4 Å². The van der Waals surface area contributed by atoms with Crippen molar-refractivity contribution < 1.29 is 0 Å². The van der Waals surface area contributed by atoms with Gasteiger partial charge in [0.1, 0.15) is 11.5 Å². The summed E-state index contributed by atoms with van der Waals surface area (Å²) in [6.45, 7) is 6.57. The maximum atomic E-state index is 6.00. The van der Waals surface area contributed by atoms with Crippen molar-refractivity contribution in [1.82, 2.24) is 9.78 Å². The summed E-state index contributed by atoms with van der Waals surface area (Å²) in [5, 5.41) is 7.76. The summed E-state index contributed by atoms with van der Waals surface area (Å²) in [5.41, 5.74) is 21.8. The summed E-state index contributed by atoms with van der Waals surface area (Å²) in [7, 11) is 0. The van der Waals surface area contributed by atoms with Gasteiger partial charge in [0, 0.05) is 17.4 Å². The van der Waals surface area contributed by atoms with Gasteiger partial charge in [0.05, 0.1) is 12.2 Å². The largest absolute Gasteiger partial charge is 0.399 e. The van der Waals surface area contributed by atoms with E-state index in [1.807, 2.05) is 39.0 Å². The molecular formula is C14H23ClN6. The van der Waals surface area contributed by atoms with E-state index in [0.29, 0.717) is 18.1 Å². The van der Waals surface area contributed by atoms with Crippen LogP contribution in [0.4, 0.5) is 22.9 Å². The Hall–Kier alpha value is -2.08. The highest BCUT2D eigenvalue weighted by atomic mass is 35.5. The van der Waals surface area contributed by atoms with Gasteiger partial charge in [0.15, 0.2) is 0 Å². The fraction of sp³-hybridized carbons (Fsp3) is 0.357. The van der Waals surface area contributed by atoms with Crippen LogP contribution in [0.5, 0.6) is 0 Å². The predicted molar refractivity (Wildman–Crippen MR) is 91.6 cm³/mol. The summed E-state index contributed by atoms with van der Waals surface area (Å²) in [6, 6.07) is 5.92. The Morgan fingerprint density at radius 2 is 1.90 bits per heavy atom. The van der Waals surface area contributed by atoms with E-state index in [0.717, 1.165) is 22.6 Å². The number of nitrogens with zero attached hydrogens (tertiary/aromatic N) is 2. The predicted octanol–water partition coefficient (Wildman–Crippen LogP) is 2.55. The van der Waals surface area contributed by atoms with Crippen LogP contribution in [-0.2, 0) is 6.54 Å². The van der Waals surface area contributed by atoms with Gasteiger partial charge in [-0.1, -0.05) is 0 Å². The van der Waals surface area contributed by atoms with Gasteiger partial charge in [0.2, 0.25) is 0 Å². The summed E-state index contributed by atoms with van der Waals surface area (Å²) in [6.07, 6.45) is 0. The molecule has 0 radical (unpaired) electrons. The van der Waals surface area contributed by atoms with Crippen molar-refractivity contribution in [2.24, 2.45) is 0 Å². The minimum atomic E-state index is 0. The minimum Gasteiger partial charge on any atom is -0.399 e. The molecule has 1 aromatic carbocycles. The molecule has 1 heterocycles. The molecule has 7 N–H and O–H groups in total. The van der Waals surface area contributed by atoms with Crippen LogP contribution in [0.3, 0.4) is 0 Å². The number of anilines is 4. The van der Waals surface area contributed by atoms with Crippen LogP contribution in [0.1, 0.15) is 31.1 Å². The highest BCUT2D eigenvalue weighted by Gasteiger charge is 2.14. The number of hydrogen-bond donors (Lipinski definition) is 4. The lowest BCUT2D eigenvalue weighted by Gasteiger charge is -2.09. The molecule has 21 heavy (non-hydrogen) atoms. The van der Waals surface area contributed by atoms with E-state index < -0.39 is 0 Å². The molecule has 6 nitrogen and oxygen atoms in total. The second kappa shape index (κ2) is 6.58. The number of aromatic nitrogens is 2. The van der Waals surface area contributed by atoms with E-state index in [2.05, 4.69) is 10.4 Å². The minimum absolute atomic E-state index is 0. The van der Waals surface area contributed by atoms with Gasteiger partial charge in [-0.25, -0.2) is 4.68 Å². The molecule has 0 aliphatic rings. The Morgan fingerprint density at radius 1 is 1.24 bits per heavy atom. The molecule has 0 aliphatic heterocycles. The van der Waals surface area contributed by atoms with Gasteiger partial charge >= 0.3 is 0 Å². The van der Waals surface area contributed by atoms with E-state index in [1.165, 1.54) is 0 Å². The zero-order valence-corrected chi connectivity index (χ0v) is 13.4. The van der Waals surface area contributed by atoms with E-state index in [-0.39, 0.29) is 18.4 Å². The van der Waals surface area contributed by atoms with Gasteiger partial charge in [-0.2, -0.15) is 5.10 Å². The third kappa shape index (κ3) is 3.52. The van der Waals surface area contributed by atoms with Gasteiger partial charge in [-0.05, 0) is 44.5 Å². The van der Waals surface area contributed by atoms with E-state index >= 15 is 0 Å². The highest BCUT2D eigenvalue weighted by Crippen LogP contribution is 2.24. The van der Waals surface area contributed by atoms with Crippen LogP contribution >= 0.6 is 12.4 Å². The molecule has 116 valence electrons. The van der Waals surface area contributed by atoms with Crippen LogP contribution in [0.25, 0.3) is 0 Å². The first-order chi connectivity index (χ1) is 9.40. The first-order valence-corrected chi connectivity index (χ1v) is 6.62. The number of halogens is 1. The SMILES string of the molecule is Cc1cc(N)ccc1NCc1nn(C(C)C)c(N)c1N.Cl. The van der Waals surface area contributed by atoms with E-state index in [1.54, 1.807) is 4.68 Å². The molecule has 0 unspecified atom stereocenters. The molecule has 0 fully saturated rings. The first kappa shape index (κ1) is 17.0. The number of aryl methyl sites for hydroxylation is 1. The van der Waals surface area contributed by atoms with Crippen LogP contribution < -0.4 is 22.5 Å². The fourth-order valence-electron chi connectivity index (χ4n) is 2.10. The van der Waals surface area contributed by atoms with Crippen LogP contribution in [-0.4, -0.2) is 9.78 Å². The number of benzene rings is 1. The highest BCUT2D eigenvalue weighted by molar-refractivity contribution is 5.85. The van der Waals surface area contributed by atoms with Crippen molar-refractivity contribution in [3.05, 3.63) is 29.5 Å². The standard InChI is InChI=1S/C14H22N6.ClH/c1-8(2)20-14(17)13(16)12(19-20)7-18-11-5-4-10(15)6-9(11)3;/h4-6,8,18H,7,15-17H2,1-3H3;1H. The lowest BCUT2D eigenvalue weighted by molar-refractivity contribution is 0.535. The van der Waals surface area contributed by atoms with Gasteiger partial charge in [-0.3, -0.25) is 0 Å². The molecule has 0 amide bonds. The normalized spacial score (nSPS) is 10.5. The van der Waals surface area contributed by atoms with Crippen LogP contribution in [0, 0.1) is 6.92 Å². The summed E-state index contributed by atoms with van der Waals surface area (Å²) >= 11 is 0. The molecule has 0 bridgehead atoms. The number of nitrogens with one attached hydrogen (secondary N) is 1. The van der Waals surface area contributed by atoms with E-state index in [4.69, 9.17) is 17.2 Å². The summed E-state index contributed by atoms with van der Waals surface area (Å²) < 4.78 is 1.74. The van der Waals surface area contributed by atoms with Gasteiger partial charge < -0.3 is 22.5 Å². The fourth-order valence-corrected chi connectivity index (χ4v) is 2.10. The molecular weight excluding hydrogens is 288 g/mol. The number of nitrogen functional groups attached to an aromatic ring is 3. The van der Waals surface area contributed by atoms with Crippen molar-refractivity contribution >= 4 is 35.3 Å². The Kier molecular flexibility index (Phi) is 5.32. The molecule has 1 aromatic heterocycles. The second-order valence-corrected chi connectivity index (χ2v) is 5.21. The van der Waals surface area contributed by atoms with Crippen LogP contribution in [0.2, 0.25) is 0 Å². The molecule has 7 heteroatoms. The van der Waals surface area contributed by atoms with Crippen LogP contribution in [0.15, 0.2) is 18.2 Å². The summed E-state index contributed by atoms with van der Waals surface area (Å²) in [4.78, 5) is 0. The third-order valence-electron chi connectivity index (χ3n) is 3.25. The lowest BCUT2D eigenvalue weighted by atomic mass is 10.2.